The largest absolute Gasteiger partial charge is 0.368 e. The standard InChI is InChI=1S/C14H23N3/c1-4-17(13-5-6-13)14-7-8-15-9-12(14)10-16-11(2)3/h7-9,11,13,16H,4-6,10H2,1-3H3. The van der Waals surface area contributed by atoms with Crippen molar-refractivity contribution in [1.29, 1.82) is 0 Å². The predicted octanol–water partition coefficient (Wildman–Crippen LogP) is 2.57. The zero-order valence-electron chi connectivity index (χ0n) is 11.1. The summed E-state index contributed by atoms with van der Waals surface area (Å²) in [4.78, 5) is 6.77. The molecule has 2 rings (SSSR count). The Labute approximate surface area is 104 Å². The second-order valence-electron chi connectivity index (χ2n) is 5.06. The lowest BCUT2D eigenvalue weighted by molar-refractivity contribution is 0.586. The molecule has 1 heterocycles. The molecule has 1 aromatic rings. The van der Waals surface area contributed by atoms with Crippen molar-refractivity contribution < 1.29 is 0 Å². The van der Waals surface area contributed by atoms with Gasteiger partial charge in [-0.3, -0.25) is 4.98 Å². The summed E-state index contributed by atoms with van der Waals surface area (Å²) in [5, 5.41) is 3.47. The molecule has 1 saturated carbocycles. The van der Waals surface area contributed by atoms with Crippen LogP contribution < -0.4 is 10.2 Å². The number of anilines is 1. The van der Waals surface area contributed by atoms with Crippen molar-refractivity contribution in [2.24, 2.45) is 0 Å². The van der Waals surface area contributed by atoms with Crippen molar-refractivity contribution in [3.8, 4) is 0 Å². The van der Waals surface area contributed by atoms with Crippen molar-refractivity contribution in [1.82, 2.24) is 10.3 Å². The van der Waals surface area contributed by atoms with E-state index in [-0.39, 0.29) is 0 Å². The molecule has 0 radical (unpaired) electrons. The van der Waals surface area contributed by atoms with E-state index in [4.69, 9.17) is 0 Å². The molecule has 17 heavy (non-hydrogen) atoms. The van der Waals surface area contributed by atoms with Crippen LogP contribution >= 0.6 is 0 Å². The fourth-order valence-electron chi connectivity index (χ4n) is 2.16. The van der Waals surface area contributed by atoms with Crippen LogP contribution in [0, 0.1) is 0 Å². The first-order valence-corrected chi connectivity index (χ1v) is 6.65. The Hall–Kier alpha value is -1.09. The van der Waals surface area contributed by atoms with Gasteiger partial charge in [-0.05, 0) is 25.8 Å². The second kappa shape index (κ2) is 5.50. The minimum absolute atomic E-state index is 0.513. The highest BCUT2D eigenvalue weighted by Crippen LogP contribution is 2.32. The number of nitrogens with zero attached hydrogens (tertiary/aromatic N) is 2. The van der Waals surface area contributed by atoms with Crippen LogP contribution in [0.4, 0.5) is 5.69 Å². The summed E-state index contributed by atoms with van der Waals surface area (Å²) in [5.74, 6) is 0. The first kappa shape index (κ1) is 12.4. The minimum Gasteiger partial charge on any atom is -0.368 e. The highest BCUT2D eigenvalue weighted by Gasteiger charge is 2.29. The summed E-state index contributed by atoms with van der Waals surface area (Å²) in [7, 11) is 0. The van der Waals surface area contributed by atoms with E-state index in [1.54, 1.807) is 0 Å². The van der Waals surface area contributed by atoms with Gasteiger partial charge in [0.1, 0.15) is 0 Å². The molecule has 3 nitrogen and oxygen atoms in total. The van der Waals surface area contributed by atoms with Gasteiger partial charge in [0, 0.05) is 48.8 Å². The van der Waals surface area contributed by atoms with Crippen molar-refractivity contribution in [2.45, 2.75) is 52.2 Å². The van der Waals surface area contributed by atoms with E-state index in [1.807, 2.05) is 12.4 Å². The topological polar surface area (TPSA) is 28.2 Å². The Bertz CT molecular complexity index is 358. The summed E-state index contributed by atoms with van der Waals surface area (Å²) < 4.78 is 0. The Kier molecular flexibility index (Phi) is 4.00. The third-order valence-electron chi connectivity index (χ3n) is 3.22. The number of aromatic nitrogens is 1. The van der Waals surface area contributed by atoms with E-state index >= 15 is 0 Å². The Morgan fingerprint density at radius 1 is 1.47 bits per heavy atom. The van der Waals surface area contributed by atoms with Crippen molar-refractivity contribution in [3.63, 3.8) is 0 Å². The fourth-order valence-corrected chi connectivity index (χ4v) is 2.16. The Morgan fingerprint density at radius 2 is 2.24 bits per heavy atom. The molecule has 1 aliphatic rings. The lowest BCUT2D eigenvalue weighted by Gasteiger charge is -2.25. The molecule has 1 aromatic heterocycles. The van der Waals surface area contributed by atoms with Gasteiger partial charge < -0.3 is 10.2 Å². The van der Waals surface area contributed by atoms with Crippen LogP contribution in [0.1, 0.15) is 39.2 Å². The average Bonchev–Trinajstić information content (AvgIpc) is 3.13. The second-order valence-corrected chi connectivity index (χ2v) is 5.06. The maximum absolute atomic E-state index is 4.25. The normalized spacial score (nSPS) is 15.3. The third kappa shape index (κ3) is 3.19. The molecular weight excluding hydrogens is 210 g/mol. The number of hydrogen-bond acceptors (Lipinski definition) is 3. The van der Waals surface area contributed by atoms with E-state index in [0.29, 0.717) is 6.04 Å². The molecular formula is C14H23N3. The molecule has 0 atom stereocenters. The summed E-state index contributed by atoms with van der Waals surface area (Å²) in [5.41, 5.74) is 2.67. The molecule has 0 saturated heterocycles. The summed E-state index contributed by atoms with van der Waals surface area (Å²) >= 11 is 0. The first-order valence-electron chi connectivity index (χ1n) is 6.65. The molecule has 3 heteroatoms. The van der Waals surface area contributed by atoms with Crippen LogP contribution in [0.5, 0.6) is 0 Å². The quantitative estimate of drug-likeness (QED) is 0.818. The molecule has 94 valence electrons. The molecule has 1 N–H and O–H groups in total. The van der Waals surface area contributed by atoms with E-state index in [9.17, 15) is 0 Å². The highest BCUT2D eigenvalue weighted by molar-refractivity contribution is 5.54. The van der Waals surface area contributed by atoms with E-state index < -0.39 is 0 Å². The molecule has 0 amide bonds. The molecule has 0 bridgehead atoms. The fraction of sp³-hybridized carbons (Fsp3) is 0.643. The van der Waals surface area contributed by atoms with Gasteiger partial charge in [0.15, 0.2) is 0 Å². The highest BCUT2D eigenvalue weighted by atomic mass is 15.2. The Morgan fingerprint density at radius 3 is 2.82 bits per heavy atom. The number of rotatable bonds is 6. The van der Waals surface area contributed by atoms with Crippen molar-refractivity contribution >= 4 is 5.69 Å². The van der Waals surface area contributed by atoms with Gasteiger partial charge in [-0.2, -0.15) is 0 Å². The maximum Gasteiger partial charge on any atom is 0.0445 e. The van der Waals surface area contributed by atoms with Crippen molar-refractivity contribution in [2.75, 3.05) is 11.4 Å². The lowest BCUT2D eigenvalue weighted by Crippen LogP contribution is -2.28. The zero-order chi connectivity index (χ0) is 12.3. The van der Waals surface area contributed by atoms with Crippen LogP contribution in [-0.2, 0) is 6.54 Å². The van der Waals surface area contributed by atoms with Crippen LogP contribution in [0.15, 0.2) is 18.5 Å². The average molecular weight is 233 g/mol. The number of hydrogen-bond donors (Lipinski definition) is 1. The molecule has 0 unspecified atom stereocenters. The van der Waals surface area contributed by atoms with Gasteiger partial charge in [-0.25, -0.2) is 0 Å². The van der Waals surface area contributed by atoms with E-state index in [0.717, 1.165) is 19.1 Å². The number of nitrogens with one attached hydrogen (secondary N) is 1. The summed E-state index contributed by atoms with van der Waals surface area (Å²) in [6, 6.07) is 3.43. The summed E-state index contributed by atoms with van der Waals surface area (Å²) in [6.07, 6.45) is 6.58. The lowest BCUT2D eigenvalue weighted by atomic mass is 10.2. The smallest absolute Gasteiger partial charge is 0.0445 e. The van der Waals surface area contributed by atoms with Crippen LogP contribution in [0.2, 0.25) is 0 Å². The Balaban J connectivity index is 2.13. The first-order chi connectivity index (χ1) is 8.22. The van der Waals surface area contributed by atoms with Gasteiger partial charge >= 0.3 is 0 Å². The molecule has 0 aromatic carbocycles. The molecule has 1 aliphatic carbocycles. The van der Waals surface area contributed by atoms with Crippen LogP contribution in [0.25, 0.3) is 0 Å². The maximum atomic E-state index is 4.25. The SMILES string of the molecule is CCN(c1ccncc1CNC(C)C)C1CC1. The van der Waals surface area contributed by atoms with Gasteiger partial charge in [0.25, 0.3) is 0 Å². The number of pyridine rings is 1. The predicted molar refractivity (Wildman–Crippen MR) is 72.3 cm³/mol. The molecule has 0 aliphatic heterocycles. The van der Waals surface area contributed by atoms with Gasteiger partial charge in [-0.15, -0.1) is 0 Å². The monoisotopic (exact) mass is 233 g/mol. The molecule has 0 spiro atoms. The van der Waals surface area contributed by atoms with E-state index in [2.05, 4.69) is 42.0 Å². The van der Waals surface area contributed by atoms with Gasteiger partial charge in [0.2, 0.25) is 0 Å². The summed E-state index contributed by atoms with van der Waals surface area (Å²) in [6.45, 7) is 8.58. The minimum atomic E-state index is 0.513. The van der Waals surface area contributed by atoms with Gasteiger partial charge in [-0.1, -0.05) is 13.8 Å². The zero-order valence-corrected chi connectivity index (χ0v) is 11.1. The van der Waals surface area contributed by atoms with Gasteiger partial charge in [0.05, 0.1) is 0 Å². The van der Waals surface area contributed by atoms with E-state index in [1.165, 1.54) is 24.1 Å². The third-order valence-corrected chi connectivity index (χ3v) is 3.22. The van der Waals surface area contributed by atoms with Crippen LogP contribution in [0.3, 0.4) is 0 Å². The van der Waals surface area contributed by atoms with Crippen molar-refractivity contribution in [3.05, 3.63) is 24.0 Å². The van der Waals surface area contributed by atoms with Crippen LogP contribution in [-0.4, -0.2) is 23.6 Å². The molecule has 1 fully saturated rings.